The summed E-state index contributed by atoms with van der Waals surface area (Å²) in [5.41, 5.74) is 1.54. The molecule has 3 nitrogen and oxygen atoms in total. The van der Waals surface area contributed by atoms with Crippen molar-refractivity contribution in [3.63, 3.8) is 0 Å². The number of carbonyl (C=O) groups excluding carboxylic acids is 1. The summed E-state index contributed by atoms with van der Waals surface area (Å²) in [6.45, 7) is 3.76. The highest BCUT2D eigenvalue weighted by Crippen LogP contribution is 2.16. The zero-order valence-corrected chi connectivity index (χ0v) is 10.3. The molecule has 0 saturated carbocycles. The van der Waals surface area contributed by atoms with Gasteiger partial charge in [-0.1, -0.05) is 23.7 Å². The third kappa shape index (κ3) is 3.50. The quantitative estimate of drug-likeness (QED) is 0.882. The number of halogens is 1. The van der Waals surface area contributed by atoms with E-state index in [2.05, 4.69) is 12.2 Å². The Kier molecular flexibility index (Phi) is 3.85. The van der Waals surface area contributed by atoms with Crippen LogP contribution in [0.25, 0.3) is 0 Å². The first-order valence-corrected chi connectivity index (χ1v) is 5.68. The standard InChI is InChI=1S/C14H11ClNO2/c1-10-2-6-12(7-3-10)16-14(17)18-13-8-4-11(15)5-9-13/h2-9H,1H2,(H,16,17). The number of nitrogens with one attached hydrogen (secondary N) is 1. The average Bonchev–Trinajstić information content (AvgIpc) is 2.35. The minimum atomic E-state index is -0.547. The van der Waals surface area contributed by atoms with Gasteiger partial charge in [0.05, 0.1) is 0 Å². The molecule has 0 aliphatic heterocycles. The Morgan fingerprint density at radius 2 is 1.67 bits per heavy atom. The number of benzene rings is 2. The molecule has 18 heavy (non-hydrogen) atoms. The predicted octanol–water partition coefficient (Wildman–Crippen LogP) is 4.13. The molecule has 0 aliphatic rings. The van der Waals surface area contributed by atoms with Gasteiger partial charge in [0.15, 0.2) is 0 Å². The Bertz CT molecular complexity index is 485. The van der Waals surface area contributed by atoms with Crippen molar-refractivity contribution in [2.24, 2.45) is 0 Å². The fourth-order valence-electron chi connectivity index (χ4n) is 1.34. The van der Waals surface area contributed by atoms with Crippen LogP contribution in [0.15, 0.2) is 48.5 Å². The van der Waals surface area contributed by atoms with Crippen LogP contribution in [0.2, 0.25) is 5.02 Å². The summed E-state index contributed by atoms with van der Waals surface area (Å²) in [6.07, 6.45) is -0.547. The second kappa shape index (κ2) is 5.56. The molecule has 0 atom stereocenters. The molecule has 2 aromatic rings. The highest BCUT2D eigenvalue weighted by atomic mass is 35.5. The first kappa shape index (κ1) is 12.5. The van der Waals surface area contributed by atoms with Crippen LogP contribution in [0, 0.1) is 6.92 Å². The van der Waals surface area contributed by atoms with Crippen LogP contribution in [0.4, 0.5) is 10.5 Å². The summed E-state index contributed by atoms with van der Waals surface area (Å²) >= 11 is 5.73. The Labute approximate surface area is 110 Å². The van der Waals surface area contributed by atoms with Crippen LogP contribution >= 0.6 is 11.6 Å². The predicted molar refractivity (Wildman–Crippen MR) is 72.0 cm³/mol. The lowest BCUT2D eigenvalue weighted by atomic mass is 10.2. The van der Waals surface area contributed by atoms with Crippen molar-refractivity contribution in [2.45, 2.75) is 0 Å². The van der Waals surface area contributed by atoms with Crippen LogP contribution in [-0.2, 0) is 0 Å². The molecule has 91 valence electrons. The molecule has 0 heterocycles. The van der Waals surface area contributed by atoms with E-state index in [1.165, 1.54) is 0 Å². The second-order valence-corrected chi connectivity index (χ2v) is 4.10. The fraction of sp³-hybridized carbons (Fsp3) is 0. The van der Waals surface area contributed by atoms with E-state index in [1.54, 1.807) is 48.5 Å². The molecule has 2 aromatic carbocycles. The van der Waals surface area contributed by atoms with E-state index in [-0.39, 0.29) is 0 Å². The van der Waals surface area contributed by atoms with Crippen molar-refractivity contribution in [1.82, 2.24) is 0 Å². The van der Waals surface area contributed by atoms with Gasteiger partial charge in [-0.15, -0.1) is 0 Å². The van der Waals surface area contributed by atoms with Crippen molar-refractivity contribution in [3.8, 4) is 5.75 Å². The van der Waals surface area contributed by atoms with Crippen LogP contribution in [0.5, 0.6) is 5.75 Å². The third-order valence-electron chi connectivity index (χ3n) is 2.22. The lowest BCUT2D eigenvalue weighted by Gasteiger charge is -2.06. The van der Waals surface area contributed by atoms with E-state index < -0.39 is 6.09 Å². The van der Waals surface area contributed by atoms with Gasteiger partial charge < -0.3 is 4.74 Å². The Morgan fingerprint density at radius 1 is 1.06 bits per heavy atom. The summed E-state index contributed by atoms with van der Waals surface area (Å²) < 4.78 is 5.08. The number of anilines is 1. The largest absolute Gasteiger partial charge is 0.417 e. The number of hydrogen-bond donors (Lipinski definition) is 1. The van der Waals surface area contributed by atoms with Gasteiger partial charge in [0, 0.05) is 10.7 Å². The summed E-state index contributed by atoms with van der Waals surface area (Å²) in [5.74, 6) is 0.436. The first-order valence-electron chi connectivity index (χ1n) is 5.30. The highest BCUT2D eigenvalue weighted by Gasteiger charge is 2.04. The topological polar surface area (TPSA) is 38.3 Å². The molecule has 0 aromatic heterocycles. The van der Waals surface area contributed by atoms with Gasteiger partial charge in [-0.05, 0) is 48.9 Å². The average molecular weight is 261 g/mol. The molecule has 0 saturated heterocycles. The molecule has 0 spiro atoms. The van der Waals surface area contributed by atoms with Gasteiger partial charge in [0.1, 0.15) is 5.75 Å². The van der Waals surface area contributed by atoms with Gasteiger partial charge in [-0.25, -0.2) is 4.79 Å². The molecule has 1 N–H and O–H groups in total. The molecular weight excluding hydrogens is 250 g/mol. The summed E-state index contributed by atoms with van der Waals surface area (Å²) in [6, 6.07) is 13.7. The fourth-order valence-corrected chi connectivity index (χ4v) is 1.47. The molecule has 4 heteroatoms. The van der Waals surface area contributed by atoms with E-state index in [4.69, 9.17) is 16.3 Å². The first-order chi connectivity index (χ1) is 8.63. The molecular formula is C14H11ClNO2. The SMILES string of the molecule is [CH2]c1ccc(NC(=O)Oc2ccc(Cl)cc2)cc1. The maximum atomic E-state index is 11.6. The zero-order valence-electron chi connectivity index (χ0n) is 9.52. The number of rotatable bonds is 2. The van der Waals surface area contributed by atoms with Crippen LogP contribution in [0.1, 0.15) is 5.56 Å². The molecule has 1 amide bonds. The Morgan fingerprint density at radius 3 is 2.28 bits per heavy atom. The smallest absolute Gasteiger partial charge is 0.410 e. The number of amides is 1. The van der Waals surface area contributed by atoms with Crippen molar-refractivity contribution in [3.05, 3.63) is 66.0 Å². The molecule has 0 bridgehead atoms. The second-order valence-electron chi connectivity index (χ2n) is 3.67. The third-order valence-corrected chi connectivity index (χ3v) is 2.48. The van der Waals surface area contributed by atoms with E-state index in [9.17, 15) is 4.79 Å². The highest BCUT2D eigenvalue weighted by molar-refractivity contribution is 6.30. The maximum absolute atomic E-state index is 11.6. The number of hydrogen-bond acceptors (Lipinski definition) is 2. The summed E-state index contributed by atoms with van der Waals surface area (Å²) in [5, 5.41) is 3.20. The van der Waals surface area contributed by atoms with Crippen LogP contribution in [0.3, 0.4) is 0 Å². The summed E-state index contributed by atoms with van der Waals surface area (Å²) in [4.78, 5) is 11.6. The minimum absolute atomic E-state index is 0.436. The van der Waals surface area contributed by atoms with Crippen molar-refractivity contribution in [2.75, 3.05) is 5.32 Å². The van der Waals surface area contributed by atoms with Gasteiger partial charge >= 0.3 is 6.09 Å². The summed E-state index contributed by atoms with van der Waals surface area (Å²) in [7, 11) is 0. The van der Waals surface area contributed by atoms with E-state index in [0.29, 0.717) is 16.5 Å². The van der Waals surface area contributed by atoms with E-state index in [1.807, 2.05) is 0 Å². The molecule has 1 radical (unpaired) electrons. The van der Waals surface area contributed by atoms with E-state index >= 15 is 0 Å². The van der Waals surface area contributed by atoms with Crippen LogP contribution in [-0.4, -0.2) is 6.09 Å². The molecule has 2 rings (SSSR count). The van der Waals surface area contributed by atoms with Crippen molar-refractivity contribution >= 4 is 23.4 Å². The van der Waals surface area contributed by atoms with Crippen molar-refractivity contribution in [1.29, 1.82) is 0 Å². The lowest BCUT2D eigenvalue weighted by Crippen LogP contribution is -2.16. The van der Waals surface area contributed by atoms with Crippen molar-refractivity contribution < 1.29 is 9.53 Å². The normalized spacial score (nSPS) is 9.89. The monoisotopic (exact) mass is 260 g/mol. The number of ether oxygens (including phenoxy) is 1. The number of carbonyl (C=O) groups is 1. The van der Waals surface area contributed by atoms with Gasteiger partial charge in [0.25, 0.3) is 0 Å². The minimum Gasteiger partial charge on any atom is -0.410 e. The molecule has 0 aliphatic carbocycles. The lowest BCUT2D eigenvalue weighted by molar-refractivity contribution is 0.215. The van der Waals surface area contributed by atoms with E-state index in [0.717, 1.165) is 5.56 Å². The van der Waals surface area contributed by atoms with Gasteiger partial charge in [-0.2, -0.15) is 0 Å². The Balaban J connectivity index is 1.96. The van der Waals surface area contributed by atoms with Crippen LogP contribution < -0.4 is 10.1 Å². The van der Waals surface area contributed by atoms with Gasteiger partial charge in [-0.3, -0.25) is 5.32 Å². The Hall–Kier alpha value is -2.00. The zero-order chi connectivity index (χ0) is 13.0. The maximum Gasteiger partial charge on any atom is 0.417 e. The van der Waals surface area contributed by atoms with Gasteiger partial charge in [0.2, 0.25) is 0 Å². The molecule has 0 fully saturated rings. The molecule has 0 unspecified atom stereocenters.